The lowest BCUT2D eigenvalue weighted by atomic mass is 9.94. The molecule has 1 aliphatic carbocycles. The van der Waals surface area contributed by atoms with Gasteiger partial charge in [-0.1, -0.05) is 24.3 Å². The number of rotatable bonds is 5. The van der Waals surface area contributed by atoms with Crippen LogP contribution < -0.4 is 10.6 Å². The van der Waals surface area contributed by atoms with Crippen LogP contribution in [0.25, 0.3) is 0 Å². The van der Waals surface area contributed by atoms with Crippen molar-refractivity contribution in [3.8, 4) is 0 Å². The summed E-state index contributed by atoms with van der Waals surface area (Å²) in [7, 11) is 0. The maximum atomic E-state index is 11.0. The maximum Gasteiger partial charge on any atom is 0.221 e. The highest BCUT2D eigenvalue weighted by Gasteiger charge is 2.08. The van der Waals surface area contributed by atoms with E-state index >= 15 is 0 Å². The Bertz CT molecular complexity index is 454. The van der Waals surface area contributed by atoms with Gasteiger partial charge < -0.3 is 10.6 Å². The van der Waals surface area contributed by atoms with E-state index in [0.717, 1.165) is 24.7 Å². The van der Waals surface area contributed by atoms with E-state index in [1.54, 1.807) is 0 Å². The zero-order valence-corrected chi connectivity index (χ0v) is 11.5. The highest BCUT2D eigenvalue weighted by atomic mass is 16.1. The molecule has 0 heterocycles. The number of anilines is 1. The van der Waals surface area contributed by atoms with Crippen molar-refractivity contribution < 1.29 is 4.79 Å². The first-order chi connectivity index (χ1) is 9.24. The van der Waals surface area contributed by atoms with Gasteiger partial charge in [0.1, 0.15) is 0 Å². The van der Waals surface area contributed by atoms with Crippen molar-refractivity contribution in [3.05, 3.63) is 42.0 Å². The van der Waals surface area contributed by atoms with Crippen LogP contribution in [0.4, 0.5) is 5.69 Å². The van der Waals surface area contributed by atoms with E-state index in [2.05, 4.69) is 28.9 Å². The fraction of sp³-hybridized carbons (Fsp3) is 0.438. The monoisotopic (exact) mass is 258 g/mol. The lowest BCUT2D eigenvalue weighted by molar-refractivity contribution is -0.114. The second-order valence-electron chi connectivity index (χ2n) is 5.16. The van der Waals surface area contributed by atoms with Crippen molar-refractivity contribution in [2.75, 3.05) is 11.9 Å². The summed E-state index contributed by atoms with van der Waals surface area (Å²) in [5.41, 5.74) is 2.07. The van der Waals surface area contributed by atoms with E-state index in [0.29, 0.717) is 0 Å². The Labute approximate surface area is 115 Å². The second-order valence-corrected chi connectivity index (χ2v) is 5.16. The minimum Gasteiger partial charge on any atom is -0.326 e. The van der Waals surface area contributed by atoms with E-state index in [-0.39, 0.29) is 5.91 Å². The molecule has 0 fully saturated rings. The fourth-order valence-corrected chi connectivity index (χ4v) is 2.42. The molecule has 2 rings (SSSR count). The van der Waals surface area contributed by atoms with Gasteiger partial charge >= 0.3 is 0 Å². The van der Waals surface area contributed by atoms with Gasteiger partial charge in [0.2, 0.25) is 5.91 Å². The van der Waals surface area contributed by atoms with E-state index in [1.807, 2.05) is 18.2 Å². The molecule has 1 aromatic rings. The summed E-state index contributed by atoms with van der Waals surface area (Å²) in [5.74, 6) is 0.739. The van der Waals surface area contributed by atoms with Crippen LogP contribution in [-0.4, -0.2) is 12.5 Å². The lowest BCUT2D eigenvalue weighted by Gasteiger charge is -2.18. The van der Waals surface area contributed by atoms with Crippen LogP contribution in [0.5, 0.6) is 0 Å². The van der Waals surface area contributed by atoms with Gasteiger partial charge in [0.05, 0.1) is 0 Å². The first kappa shape index (κ1) is 13.8. The third-order valence-electron chi connectivity index (χ3n) is 3.39. The molecule has 3 nitrogen and oxygen atoms in total. The van der Waals surface area contributed by atoms with Gasteiger partial charge in [-0.3, -0.25) is 4.79 Å². The number of hydrogen-bond donors (Lipinski definition) is 2. The Morgan fingerprint density at radius 1 is 1.37 bits per heavy atom. The summed E-state index contributed by atoms with van der Waals surface area (Å²) in [6, 6.07) is 8.00. The molecule has 0 radical (unpaired) electrons. The van der Waals surface area contributed by atoms with Crippen LogP contribution in [0.1, 0.15) is 31.7 Å². The minimum absolute atomic E-state index is 0.0286. The van der Waals surface area contributed by atoms with Crippen molar-refractivity contribution in [2.45, 2.75) is 32.7 Å². The largest absolute Gasteiger partial charge is 0.326 e. The van der Waals surface area contributed by atoms with Crippen LogP contribution in [0.3, 0.4) is 0 Å². The molecule has 1 aliphatic rings. The summed E-state index contributed by atoms with van der Waals surface area (Å²) < 4.78 is 0. The molecule has 0 aromatic heterocycles. The zero-order chi connectivity index (χ0) is 13.5. The van der Waals surface area contributed by atoms with Gasteiger partial charge in [0, 0.05) is 19.2 Å². The molecule has 0 saturated heterocycles. The summed E-state index contributed by atoms with van der Waals surface area (Å²) in [5, 5.41) is 6.31. The Hall–Kier alpha value is -1.61. The number of hydrogen-bond acceptors (Lipinski definition) is 2. The quantitative estimate of drug-likeness (QED) is 0.797. The molecule has 0 saturated carbocycles. The van der Waals surface area contributed by atoms with Crippen molar-refractivity contribution in [1.82, 2.24) is 5.32 Å². The van der Waals surface area contributed by atoms with Gasteiger partial charge in [0.15, 0.2) is 0 Å². The normalized spacial score (nSPS) is 18.3. The number of carbonyl (C=O) groups is 1. The van der Waals surface area contributed by atoms with E-state index in [4.69, 9.17) is 0 Å². The number of amides is 1. The molecule has 3 heteroatoms. The van der Waals surface area contributed by atoms with E-state index in [9.17, 15) is 4.79 Å². The number of nitrogens with one attached hydrogen (secondary N) is 2. The van der Waals surface area contributed by atoms with Crippen molar-refractivity contribution in [2.24, 2.45) is 5.92 Å². The van der Waals surface area contributed by atoms with Gasteiger partial charge in [-0.05, 0) is 49.4 Å². The Morgan fingerprint density at radius 2 is 2.26 bits per heavy atom. The molecule has 1 unspecified atom stereocenters. The number of allylic oxidation sites excluding steroid dienone is 2. The molecule has 19 heavy (non-hydrogen) atoms. The van der Waals surface area contributed by atoms with Crippen molar-refractivity contribution in [1.29, 1.82) is 0 Å². The Morgan fingerprint density at radius 3 is 3.00 bits per heavy atom. The number of carbonyl (C=O) groups excluding carboxylic acids is 1. The van der Waals surface area contributed by atoms with Crippen molar-refractivity contribution in [3.63, 3.8) is 0 Å². The van der Waals surface area contributed by atoms with Crippen LogP contribution in [0, 0.1) is 5.92 Å². The van der Waals surface area contributed by atoms with Crippen molar-refractivity contribution >= 4 is 11.6 Å². The summed E-state index contributed by atoms with van der Waals surface area (Å²) >= 11 is 0. The van der Waals surface area contributed by atoms with E-state index < -0.39 is 0 Å². The second kappa shape index (κ2) is 7.10. The van der Waals surface area contributed by atoms with E-state index in [1.165, 1.54) is 31.7 Å². The Balaban J connectivity index is 1.78. The first-order valence-corrected chi connectivity index (χ1v) is 6.96. The molecular weight excluding hydrogens is 236 g/mol. The fourth-order valence-electron chi connectivity index (χ4n) is 2.42. The van der Waals surface area contributed by atoms with Crippen LogP contribution in [0.2, 0.25) is 0 Å². The smallest absolute Gasteiger partial charge is 0.221 e. The SMILES string of the molecule is CC(=O)Nc1cccc(CNCC2CC=CCC2)c1. The topological polar surface area (TPSA) is 41.1 Å². The highest BCUT2D eigenvalue weighted by molar-refractivity contribution is 5.88. The standard InChI is InChI=1S/C16H22N2O/c1-13(19)18-16-9-5-8-15(10-16)12-17-11-14-6-3-2-4-7-14/h2-3,5,8-10,14,17H,4,6-7,11-12H2,1H3,(H,18,19). The summed E-state index contributed by atoms with van der Waals surface area (Å²) in [6.45, 7) is 3.45. The number of benzene rings is 1. The highest BCUT2D eigenvalue weighted by Crippen LogP contribution is 2.17. The molecule has 1 amide bonds. The van der Waals surface area contributed by atoms with Gasteiger partial charge in [-0.2, -0.15) is 0 Å². The third-order valence-corrected chi connectivity index (χ3v) is 3.39. The van der Waals surface area contributed by atoms with Gasteiger partial charge in [0.25, 0.3) is 0 Å². The molecule has 1 atom stereocenters. The molecule has 1 aromatic carbocycles. The van der Waals surface area contributed by atoms with Crippen LogP contribution in [-0.2, 0) is 11.3 Å². The molecule has 102 valence electrons. The van der Waals surface area contributed by atoms with Crippen LogP contribution in [0.15, 0.2) is 36.4 Å². The molecule has 0 spiro atoms. The summed E-state index contributed by atoms with van der Waals surface area (Å²) in [6.07, 6.45) is 8.25. The average Bonchev–Trinajstić information content (AvgIpc) is 2.40. The average molecular weight is 258 g/mol. The lowest BCUT2D eigenvalue weighted by Crippen LogP contribution is -2.23. The molecule has 0 bridgehead atoms. The summed E-state index contributed by atoms with van der Waals surface area (Å²) in [4.78, 5) is 11.0. The third kappa shape index (κ3) is 4.87. The predicted molar refractivity (Wildman–Crippen MR) is 78.9 cm³/mol. The molecule has 2 N–H and O–H groups in total. The van der Waals surface area contributed by atoms with Gasteiger partial charge in [-0.25, -0.2) is 0 Å². The maximum absolute atomic E-state index is 11.0. The molecule has 0 aliphatic heterocycles. The Kier molecular flexibility index (Phi) is 5.16. The minimum atomic E-state index is -0.0286. The molecular formula is C16H22N2O. The van der Waals surface area contributed by atoms with Crippen LogP contribution >= 0.6 is 0 Å². The zero-order valence-electron chi connectivity index (χ0n) is 11.5. The first-order valence-electron chi connectivity index (χ1n) is 6.96. The predicted octanol–water partition coefficient (Wildman–Crippen LogP) is 3.09. The van der Waals surface area contributed by atoms with Gasteiger partial charge in [-0.15, -0.1) is 0 Å².